The molecule has 138 valence electrons. The van der Waals surface area contributed by atoms with Gasteiger partial charge in [0, 0.05) is 44.1 Å². The number of fused-ring (bicyclic) bond motifs is 5. The van der Waals surface area contributed by atoms with Gasteiger partial charge in [0.2, 0.25) is 0 Å². The van der Waals surface area contributed by atoms with Crippen molar-refractivity contribution in [3.8, 4) is 11.5 Å². The Kier molecular flexibility index (Phi) is 4.56. The highest BCUT2D eigenvalue weighted by atomic mass is 32.1. The van der Waals surface area contributed by atoms with E-state index in [0.29, 0.717) is 19.3 Å². The summed E-state index contributed by atoms with van der Waals surface area (Å²) in [6, 6.07) is 7.06. The number of benzene rings is 1. The van der Waals surface area contributed by atoms with Crippen LogP contribution in [0.1, 0.15) is 24.1 Å². The summed E-state index contributed by atoms with van der Waals surface area (Å²) in [5, 5.41) is 2.18. The third-order valence-corrected chi connectivity index (χ3v) is 6.40. The van der Waals surface area contributed by atoms with Crippen molar-refractivity contribution in [1.82, 2.24) is 14.8 Å². The number of nitrogens with zero attached hydrogens (tertiary/aromatic N) is 3. The summed E-state index contributed by atoms with van der Waals surface area (Å²) in [4.78, 5) is 9.77. The Hall–Kier alpha value is -1.63. The summed E-state index contributed by atoms with van der Waals surface area (Å²) >= 11 is 1.69. The lowest BCUT2D eigenvalue weighted by molar-refractivity contribution is 0.122. The van der Waals surface area contributed by atoms with Gasteiger partial charge in [0.15, 0.2) is 11.5 Å². The van der Waals surface area contributed by atoms with E-state index < -0.39 is 0 Å². The standard InChI is InChI=1S/C20H25N3O2S/c1-3-18-12-22(11-17-13-26-14-21-17)8-16(1)10-23(18)9-15-2-4-19-20(7-15)25-6-5-24-19/h2,4,7,13-14,16,18H,1,3,5-6,8-12H2/t16-,18+/m0/s1. The van der Waals surface area contributed by atoms with Gasteiger partial charge in [-0.2, -0.15) is 0 Å². The Morgan fingerprint density at radius 2 is 1.96 bits per heavy atom. The molecule has 6 rings (SSSR count). The average molecular weight is 372 g/mol. The zero-order chi connectivity index (χ0) is 17.3. The van der Waals surface area contributed by atoms with Crippen LogP contribution >= 0.6 is 11.3 Å². The smallest absolute Gasteiger partial charge is 0.161 e. The molecular formula is C20H25N3O2S. The molecule has 2 bridgehead atoms. The van der Waals surface area contributed by atoms with Crippen molar-refractivity contribution in [1.29, 1.82) is 0 Å². The van der Waals surface area contributed by atoms with Crippen LogP contribution in [0.3, 0.4) is 0 Å². The van der Waals surface area contributed by atoms with Crippen LogP contribution in [0.2, 0.25) is 0 Å². The van der Waals surface area contributed by atoms with E-state index in [2.05, 4.69) is 38.4 Å². The fourth-order valence-corrected chi connectivity index (χ4v) is 5.11. The topological polar surface area (TPSA) is 37.8 Å². The molecule has 2 atom stereocenters. The lowest BCUT2D eigenvalue weighted by Gasteiger charge is -2.36. The summed E-state index contributed by atoms with van der Waals surface area (Å²) in [6.45, 7) is 6.85. The van der Waals surface area contributed by atoms with Gasteiger partial charge in [-0.1, -0.05) is 6.07 Å². The molecule has 0 spiro atoms. The summed E-state index contributed by atoms with van der Waals surface area (Å²) in [5.74, 6) is 2.55. The predicted molar refractivity (Wildman–Crippen MR) is 102 cm³/mol. The third-order valence-electron chi connectivity index (χ3n) is 5.76. The molecule has 6 heteroatoms. The molecule has 5 nitrogen and oxygen atoms in total. The molecule has 1 aromatic carbocycles. The van der Waals surface area contributed by atoms with Gasteiger partial charge in [-0.05, 0) is 36.5 Å². The van der Waals surface area contributed by atoms with Crippen LogP contribution in [-0.4, -0.2) is 53.7 Å². The summed E-state index contributed by atoms with van der Waals surface area (Å²) in [5.41, 5.74) is 4.48. The SMILES string of the molecule is c1nc(CN2C[C@@H]3CC[C@H](C2)N(Cc2ccc4c(c2)OCCO4)C3)cs1. The molecule has 26 heavy (non-hydrogen) atoms. The second-order valence-electron chi connectivity index (χ2n) is 7.68. The van der Waals surface area contributed by atoms with Crippen molar-refractivity contribution < 1.29 is 9.47 Å². The predicted octanol–water partition coefficient (Wildman–Crippen LogP) is 3.01. The summed E-state index contributed by atoms with van der Waals surface area (Å²) in [7, 11) is 0. The first-order valence-electron chi connectivity index (χ1n) is 9.55. The van der Waals surface area contributed by atoms with E-state index in [1.165, 1.54) is 37.2 Å². The number of hydrogen-bond donors (Lipinski definition) is 0. The minimum atomic E-state index is 0.639. The fraction of sp³-hybridized carbons (Fsp3) is 0.550. The number of hydrogen-bond acceptors (Lipinski definition) is 6. The van der Waals surface area contributed by atoms with Gasteiger partial charge in [0.05, 0.1) is 11.2 Å². The van der Waals surface area contributed by atoms with E-state index in [9.17, 15) is 0 Å². The van der Waals surface area contributed by atoms with Gasteiger partial charge in [-0.3, -0.25) is 9.80 Å². The first-order valence-corrected chi connectivity index (χ1v) is 10.5. The number of rotatable bonds is 4. The van der Waals surface area contributed by atoms with E-state index in [-0.39, 0.29) is 0 Å². The highest BCUT2D eigenvalue weighted by Gasteiger charge is 2.34. The Labute approximate surface area is 158 Å². The minimum Gasteiger partial charge on any atom is -0.486 e. The van der Waals surface area contributed by atoms with Crippen molar-refractivity contribution in [3.63, 3.8) is 0 Å². The Morgan fingerprint density at radius 3 is 2.85 bits per heavy atom. The maximum atomic E-state index is 5.76. The summed E-state index contributed by atoms with van der Waals surface area (Å²) < 4.78 is 11.4. The number of thiazole rings is 1. The molecule has 0 N–H and O–H groups in total. The van der Waals surface area contributed by atoms with Gasteiger partial charge < -0.3 is 9.47 Å². The quantitative estimate of drug-likeness (QED) is 0.826. The molecule has 0 radical (unpaired) electrons. The molecule has 2 aromatic rings. The maximum Gasteiger partial charge on any atom is 0.161 e. The first-order chi connectivity index (χ1) is 12.8. The number of ether oxygens (including phenoxy) is 2. The largest absolute Gasteiger partial charge is 0.486 e. The van der Waals surface area contributed by atoms with Gasteiger partial charge in [-0.15, -0.1) is 11.3 Å². The normalized spacial score (nSPS) is 26.0. The van der Waals surface area contributed by atoms with E-state index in [1.54, 1.807) is 11.3 Å². The van der Waals surface area contributed by atoms with Gasteiger partial charge >= 0.3 is 0 Å². The van der Waals surface area contributed by atoms with Crippen LogP contribution in [0.4, 0.5) is 0 Å². The molecule has 4 aliphatic heterocycles. The van der Waals surface area contributed by atoms with Crippen LogP contribution in [0.15, 0.2) is 29.1 Å². The van der Waals surface area contributed by atoms with Gasteiger partial charge in [0.1, 0.15) is 13.2 Å². The zero-order valence-corrected chi connectivity index (χ0v) is 15.8. The molecule has 0 saturated carbocycles. The molecule has 5 heterocycles. The Morgan fingerprint density at radius 1 is 1.04 bits per heavy atom. The van der Waals surface area contributed by atoms with Crippen LogP contribution in [-0.2, 0) is 13.1 Å². The molecule has 3 fully saturated rings. The third kappa shape index (κ3) is 3.46. The van der Waals surface area contributed by atoms with Crippen molar-refractivity contribution >= 4 is 11.3 Å². The van der Waals surface area contributed by atoms with Crippen molar-refractivity contribution in [2.24, 2.45) is 5.92 Å². The Bertz CT molecular complexity index is 752. The fourth-order valence-electron chi connectivity index (χ4n) is 4.56. The highest BCUT2D eigenvalue weighted by Crippen LogP contribution is 2.33. The molecular weight excluding hydrogens is 346 g/mol. The second-order valence-corrected chi connectivity index (χ2v) is 8.40. The van der Waals surface area contributed by atoms with Crippen LogP contribution < -0.4 is 9.47 Å². The lowest BCUT2D eigenvalue weighted by atomic mass is 9.94. The van der Waals surface area contributed by atoms with Gasteiger partial charge in [-0.25, -0.2) is 4.98 Å². The van der Waals surface area contributed by atoms with Crippen LogP contribution in [0.5, 0.6) is 11.5 Å². The minimum absolute atomic E-state index is 0.639. The van der Waals surface area contributed by atoms with E-state index in [0.717, 1.165) is 37.1 Å². The van der Waals surface area contributed by atoms with Crippen LogP contribution in [0.25, 0.3) is 0 Å². The molecule has 0 aliphatic carbocycles. The van der Waals surface area contributed by atoms with Crippen molar-refractivity contribution in [2.45, 2.75) is 32.0 Å². The van der Waals surface area contributed by atoms with E-state index in [4.69, 9.17) is 9.47 Å². The second kappa shape index (κ2) is 7.18. The summed E-state index contributed by atoms with van der Waals surface area (Å²) in [6.07, 6.45) is 2.67. The van der Waals surface area contributed by atoms with Crippen molar-refractivity contribution in [3.05, 3.63) is 40.3 Å². The zero-order valence-electron chi connectivity index (χ0n) is 15.0. The number of piperidine rings is 1. The van der Waals surface area contributed by atoms with Crippen LogP contribution in [0, 0.1) is 5.92 Å². The van der Waals surface area contributed by atoms with E-state index >= 15 is 0 Å². The molecule has 0 amide bonds. The first kappa shape index (κ1) is 16.5. The molecule has 3 saturated heterocycles. The highest BCUT2D eigenvalue weighted by molar-refractivity contribution is 7.07. The molecule has 1 aromatic heterocycles. The number of aromatic nitrogens is 1. The van der Waals surface area contributed by atoms with E-state index in [1.807, 2.05) is 5.51 Å². The van der Waals surface area contributed by atoms with Gasteiger partial charge in [0.25, 0.3) is 0 Å². The average Bonchev–Trinajstić information content (AvgIpc) is 3.02. The molecule has 0 unspecified atom stereocenters. The lowest BCUT2D eigenvalue weighted by Crippen LogP contribution is -2.43. The maximum absolute atomic E-state index is 5.76. The Balaban J connectivity index is 1.28. The molecule has 4 aliphatic rings. The monoisotopic (exact) mass is 371 g/mol. The van der Waals surface area contributed by atoms with Crippen molar-refractivity contribution in [2.75, 3.05) is 32.8 Å².